The standard InChI is InChI=1S/C26H36O7/c1-13-17-9-11-30-19(17)12-18-21(13)22(32-15(3)28)23(33-16(4)29)24-25(5,6)20(31-14(2)27)8-10-26(18,24)7/h9,11,13,18,20-24H,8,10,12H2,1-7H3/t13-,18-,20+,21-,22+,23-,24-,26+/m0/s1. The molecule has 2 fully saturated rings. The molecule has 0 saturated heterocycles. The molecule has 0 spiro atoms. The van der Waals surface area contributed by atoms with Gasteiger partial charge in [0.15, 0.2) is 0 Å². The topological polar surface area (TPSA) is 92.0 Å². The quantitative estimate of drug-likeness (QED) is 0.487. The molecule has 0 aliphatic heterocycles. The smallest absolute Gasteiger partial charge is 0.303 e. The fourth-order valence-electron chi connectivity index (χ4n) is 7.72. The lowest BCUT2D eigenvalue weighted by molar-refractivity contribution is -0.254. The van der Waals surface area contributed by atoms with Gasteiger partial charge in [0.2, 0.25) is 0 Å². The van der Waals surface area contributed by atoms with Crippen molar-refractivity contribution >= 4 is 17.9 Å². The first-order valence-electron chi connectivity index (χ1n) is 12.0. The van der Waals surface area contributed by atoms with Crippen LogP contribution in [0.1, 0.15) is 78.5 Å². The Morgan fingerprint density at radius 3 is 2.18 bits per heavy atom. The van der Waals surface area contributed by atoms with Crippen molar-refractivity contribution in [2.24, 2.45) is 28.6 Å². The first kappa shape index (κ1) is 23.8. The maximum absolute atomic E-state index is 12.3. The van der Waals surface area contributed by atoms with E-state index in [9.17, 15) is 14.4 Å². The molecule has 1 aromatic heterocycles. The van der Waals surface area contributed by atoms with Crippen LogP contribution in [0.15, 0.2) is 16.7 Å². The normalized spacial score (nSPS) is 38.8. The number of furan rings is 1. The Morgan fingerprint density at radius 2 is 1.58 bits per heavy atom. The lowest BCUT2D eigenvalue weighted by atomic mass is 9.41. The highest BCUT2D eigenvalue weighted by Crippen LogP contribution is 2.66. The SMILES string of the molecule is CC(=O)O[C@H]1[C@H](OC(C)=O)[C@H]2C(C)(C)[C@H](OC(C)=O)CC[C@]2(C)[C@H]2Cc3occc3[C@H](C)[C@H]12. The van der Waals surface area contributed by atoms with Gasteiger partial charge in [-0.3, -0.25) is 14.4 Å². The van der Waals surface area contributed by atoms with Gasteiger partial charge in [0.05, 0.1) is 6.26 Å². The molecule has 0 amide bonds. The summed E-state index contributed by atoms with van der Waals surface area (Å²) in [5.74, 6) is -0.108. The van der Waals surface area contributed by atoms with Crippen molar-refractivity contribution in [3.63, 3.8) is 0 Å². The van der Waals surface area contributed by atoms with Crippen LogP contribution >= 0.6 is 0 Å². The maximum atomic E-state index is 12.3. The molecular formula is C26H36O7. The van der Waals surface area contributed by atoms with E-state index in [0.29, 0.717) is 0 Å². The van der Waals surface area contributed by atoms with Crippen molar-refractivity contribution < 1.29 is 33.0 Å². The molecule has 4 rings (SSSR count). The minimum Gasteiger partial charge on any atom is -0.469 e. The Balaban J connectivity index is 1.88. The van der Waals surface area contributed by atoms with Crippen LogP contribution in [0.3, 0.4) is 0 Å². The zero-order valence-corrected chi connectivity index (χ0v) is 20.7. The molecule has 0 unspecified atom stereocenters. The molecule has 8 atom stereocenters. The van der Waals surface area contributed by atoms with Gasteiger partial charge in [-0.2, -0.15) is 0 Å². The van der Waals surface area contributed by atoms with E-state index in [0.717, 1.165) is 30.6 Å². The Bertz CT molecular complexity index is 946. The summed E-state index contributed by atoms with van der Waals surface area (Å²) in [4.78, 5) is 36.5. The molecule has 1 heterocycles. The van der Waals surface area contributed by atoms with Crippen LogP contribution in [0.4, 0.5) is 0 Å². The van der Waals surface area contributed by atoms with E-state index in [1.807, 2.05) is 6.07 Å². The molecule has 3 aliphatic rings. The van der Waals surface area contributed by atoms with E-state index in [-0.39, 0.29) is 41.2 Å². The fourth-order valence-corrected chi connectivity index (χ4v) is 7.72. The van der Waals surface area contributed by atoms with Crippen molar-refractivity contribution in [1.82, 2.24) is 0 Å². The molecule has 7 nitrogen and oxygen atoms in total. The molecule has 33 heavy (non-hydrogen) atoms. The van der Waals surface area contributed by atoms with Crippen molar-refractivity contribution in [2.45, 2.75) is 92.0 Å². The van der Waals surface area contributed by atoms with Gasteiger partial charge in [-0.15, -0.1) is 0 Å². The van der Waals surface area contributed by atoms with Gasteiger partial charge in [-0.25, -0.2) is 0 Å². The molecule has 7 heteroatoms. The molecule has 2 saturated carbocycles. The Morgan fingerprint density at radius 1 is 0.970 bits per heavy atom. The lowest BCUT2D eigenvalue weighted by Crippen LogP contribution is -2.68. The van der Waals surface area contributed by atoms with Gasteiger partial charge >= 0.3 is 17.9 Å². The first-order chi connectivity index (χ1) is 15.4. The number of fused-ring (bicyclic) bond motifs is 4. The number of hydrogen-bond donors (Lipinski definition) is 0. The number of rotatable bonds is 3. The molecule has 0 radical (unpaired) electrons. The van der Waals surface area contributed by atoms with E-state index >= 15 is 0 Å². The average molecular weight is 461 g/mol. The van der Waals surface area contributed by atoms with Gasteiger partial charge in [-0.1, -0.05) is 27.7 Å². The van der Waals surface area contributed by atoms with Gasteiger partial charge in [0, 0.05) is 44.4 Å². The van der Waals surface area contributed by atoms with Crippen molar-refractivity contribution in [3.8, 4) is 0 Å². The Hall–Kier alpha value is -2.31. The summed E-state index contributed by atoms with van der Waals surface area (Å²) in [5.41, 5.74) is 0.389. The number of carbonyl (C=O) groups is 3. The minimum atomic E-state index is -0.637. The molecule has 0 bridgehead atoms. The van der Waals surface area contributed by atoms with Crippen LogP contribution in [-0.2, 0) is 35.0 Å². The predicted octanol–water partition coefficient (Wildman–Crippen LogP) is 4.42. The van der Waals surface area contributed by atoms with Crippen molar-refractivity contribution in [2.75, 3.05) is 0 Å². The molecule has 0 N–H and O–H groups in total. The minimum absolute atomic E-state index is 0.0225. The highest BCUT2D eigenvalue weighted by molar-refractivity contribution is 5.68. The zero-order valence-electron chi connectivity index (χ0n) is 20.7. The van der Waals surface area contributed by atoms with Gasteiger partial charge < -0.3 is 18.6 Å². The number of esters is 3. The summed E-state index contributed by atoms with van der Waals surface area (Å²) >= 11 is 0. The van der Waals surface area contributed by atoms with Crippen LogP contribution in [0, 0.1) is 28.6 Å². The van der Waals surface area contributed by atoms with Crippen LogP contribution < -0.4 is 0 Å². The summed E-state index contributed by atoms with van der Waals surface area (Å²) in [6.07, 6.45) is 2.46. The number of carbonyl (C=O) groups excluding carboxylic acids is 3. The largest absolute Gasteiger partial charge is 0.469 e. The van der Waals surface area contributed by atoms with Crippen LogP contribution in [0.2, 0.25) is 0 Å². The Labute approximate surface area is 195 Å². The third-order valence-corrected chi connectivity index (χ3v) is 8.80. The molecular weight excluding hydrogens is 424 g/mol. The third kappa shape index (κ3) is 3.77. The highest BCUT2D eigenvalue weighted by atomic mass is 16.6. The summed E-state index contributed by atoms with van der Waals surface area (Å²) < 4.78 is 23.6. The fraction of sp³-hybridized carbons (Fsp3) is 0.731. The highest BCUT2D eigenvalue weighted by Gasteiger charge is 2.68. The van der Waals surface area contributed by atoms with Crippen molar-refractivity contribution in [1.29, 1.82) is 0 Å². The second-order valence-electron chi connectivity index (χ2n) is 11.1. The predicted molar refractivity (Wildman–Crippen MR) is 119 cm³/mol. The van der Waals surface area contributed by atoms with E-state index < -0.39 is 29.6 Å². The molecule has 0 aromatic carbocycles. The van der Waals surface area contributed by atoms with E-state index in [1.165, 1.54) is 20.8 Å². The molecule has 3 aliphatic carbocycles. The summed E-state index contributed by atoms with van der Waals surface area (Å²) in [6, 6.07) is 2.00. The van der Waals surface area contributed by atoms with Crippen LogP contribution in [0.5, 0.6) is 0 Å². The Kier molecular flexibility index (Phi) is 5.90. The van der Waals surface area contributed by atoms with Crippen molar-refractivity contribution in [3.05, 3.63) is 23.7 Å². The van der Waals surface area contributed by atoms with E-state index in [1.54, 1.807) is 6.26 Å². The summed E-state index contributed by atoms with van der Waals surface area (Å²) in [7, 11) is 0. The van der Waals surface area contributed by atoms with Gasteiger partial charge in [0.1, 0.15) is 24.1 Å². The number of hydrogen-bond acceptors (Lipinski definition) is 7. The van der Waals surface area contributed by atoms with E-state index in [2.05, 4.69) is 27.7 Å². The van der Waals surface area contributed by atoms with Gasteiger partial charge in [0.25, 0.3) is 0 Å². The van der Waals surface area contributed by atoms with Crippen LogP contribution in [-0.4, -0.2) is 36.2 Å². The monoisotopic (exact) mass is 460 g/mol. The number of ether oxygens (including phenoxy) is 3. The van der Waals surface area contributed by atoms with Crippen LogP contribution in [0.25, 0.3) is 0 Å². The summed E-state index contributed by atoms with van der Waals surface area (Å²) in [6.45, 7) is 12.8. The second kappa shape index (κ2) is 8.17. The lowest BCUT2D eigenvalue weighted by Gasteiger charge is -2.65. The third-order valence-electron chi connectivity index (χ3n) is 8.80. The first-order valence-corrected chi connectivity index (χ1v) is 12.0. The zero-order chi connectivity index (χ0) is 24.3. The summed E-state index contributed by atoms with van der Waals surface area (Å²) in [5, 5.41) is 0. The maximum Gasteiger partial charge on any atom is 0.303 e. The second-order valence-corrected chi connectivity index (χ2v) is 11.1. The van der Waals surface area contributed by atoms with Gasteiger partial charge in [-0.05, 0) is 41.7 Å². The van der Waals surface area contributed by atoms with E-state index in [4.69, 9.17) is 18.6 Å². The molecule has 182 valence electrons. The molecule has 1 aromatic rings. The average Bonchev–Trinajstić information content (AvgIpc) is 3.15.